The Kier molecular flexibility index (Phi) is 6.76. The van der Waals surface area contributed by atoms with Gasteiger partial charge in [-0.15, -0.1) is 0 Å². The number of hydrogen-bond acceptors (Lipinski definition) is 3. The van der Waals surface area contributed by atoms with E-state index in [1.54, 1.807) is 31.2 Å². The summed E-state index contributed by atoms with van der Waals surface area (Å²) in [5.41, 5.74) is 0.414. The van der Waals surface area contributed by atoms with Crippen LogP contribution in [0, 0.1) is 11.3 Å². The summed E-state index contributed by atoms with van der Waals surface area (Å²) in [5.74, 6) is -0.192. The van der Waals surface area contributed by atoms with E-state index < -0.39 is 5.41 Å². The van der Waals surface area contributed by atoms with Crippen molar-refractivity contribution in [2.24, 2.45) is 11.3 Å². The Labute approximate surface area is 138 Å². The number of aliphatic hydroxyl groups excluding tert-OH is 1. The second kappa shape index (κ2) is 8.11. The van der Waals surface area contributed by atoms with E-state index in [0.717, 1.165) is 0 Å². The summed E-state index contributed by atoms with van der Waals surface area (Å²) in [6.07, 6.45) is 0.239. The minimum atomic E-state index is -0.532. The van der Waals surface area contributed by atoms with Crippen LogP contribution in [0.15, 0.2) is 24.3 Å². The van der Waals surface area contributed by atoms with Crippen molar-refractivity contribution in [2.75, 3.05) is 11.9 Å². The van der Waals surface area contributed by atoms with E-state index in [4.69, 9.17) is 0 Å². The largest absolute Gasteiger partial charge is 0.393 e. The molecular formula is C18H28N2O3. The fourth-order valence-electron chi connectivity index (χ4n) is 2.13. The third kappa shape index (κ3) is 6.40. The van der Waals surface area contributed by atoms with Crippen LogP contribution < -0.4 is 10.6 Å². The summed E-state index contributed by atoms with van der Waals surface area (Å²) in [6, 6.07) is 6.96. The van der Waals surface area contributed by atoms with Crippen molar-refractivity contribution in [1.29, 1.82) is 0 Å². The molecule has 3 N–H and O–H groups in total. The molecule has 5 nitrogen and oxygen atoms in total. The summed E-state index contributed by atoms with van der Waals surface area (Å²) >= 11 is 0. The molecule has 128 valence electrons. The predicted molar refractivity (Wildman–Crippen MR) is 92.3 cm³/mol. The van der Waals surface area contributed by atoms with E-state index in [-0.39, 0.29) is 23.8 Å². The fraction of sp³-hybridized carbons (Fsp3) is 0.556. The molecule has 0 heterocycles. The molecular weight excluding hydrogens is 292 g/mol. The Hall–Kier alpha value is -1.88. The number of aliphatic hydroxyl groups is 1. The third-order valence-corrected chi connectivity index (χ3v) is 3.46. The van der Waals surface area contributed by atoms with E-state index in [9.17, 15) is 14.7 Å². The maximum absolute atomic E-state index is 12.4. The molecule has 0 aromatic heterocycles. The molecule has 0 spiro atoms. The zero-order valence-corrected chi connectivity index (χ0v) is 14.6. The lowest BCUT2D eigenvalue weighted by molar-refractivity contribution is -0.123. The van der Waals surface area contributed by atoms with E-state index in [0.29, 0.717) is 24.2 Å². The first-order valence-corrected chi connectivity index (χ1v) is 7.98. The maximum atomic E-state index is 12.4. The van der Waals surface area contributed by atoms with Gasteiger partial charge in [0.05, 0.1) is 17.4 Å². The second-order valence-corrected chi connectivity index (χ2v) is 7.15. The summed E-state index contributed by atoms with van der Waals surface area (Å²) in [5, 5.41) is 15.0. The lowest BCUT2D eigenvalue weighted by Crippen LogP contribution is -2.32. The molecule has 0 aliphatic rings. The second-order valence-electron chi connectivity index (χ2n) is 7.15. The zero-order chi connectivity index (χ0) is 17.6. The number of para-hydroxylation sites is 1. The van der Waals surface area contributed by atoms with Crippen molar-refractivity contribution in [3.63, 3.8) is 0 Å². The van der Waals surface area contributed by atoms with Crippen molar-refractivity contribution in [3.05, 3.63) is 29.8 Å². The molecule has 1 rings (SSSR count). The van der Waals surface area contributed by atoms with E-state index >= 15 is 0 Å². The smallest absolute Gasteiger partial charge is 0.253 e. The predicted octanol–water partition coefficient (Wildman–Crippen LogP) is 2.81. The molecule has 1 aromatic carbocycles. The van der Waals surface area contributed by atoms with Crippen LogP contribution in [-0.2, 0) is 4.79 Å². The van der Waals surface area contributed by atoms with Crippen molar-refractivity contribution in [3.8, 4) is 0 Å². The van der Waals surface area contributed by atoms with Crippen LogP contribution >= 0.6 is 0 Å². The molecule has 0 radical (unpaired) electrons. The third-order valence-electron chi connectivity index (χ3n) is 3.46. The minimum Gasteiger partial charge on any atom is -0.393 e. The number of amides is 2. The number of nitrogens with one attached hydrogen (secondary N) is 2. The lowest BCUT2D eigenvalue weighted by Gasteiger charge is -2.19. The van der Waals surface area contributed by atoms with Gasteiger partial charge in [0.1, 0.15) is 0 Å². The number of anilines is 1. The number of rotatable bonds is 6. The van der Waals surface area contributed by atoms with Gasteiger partial charge >= 0.3 is 0 Å². The van der Waals surface area contributed by atoms with Crippen LogP contribution in [0.1, 0.15) is 51.4 Å². The van der Waals surface area contributed by atoms with Crippen molar-refractivity contribution in [1.82, 2.24) is 5.32 Å². The van der Waals surface area contributed by atoms with Crippen molar-refractivity contribution < 1.29 is 14.7 Å². The highest BCUT2D eigenvalue weighted by Crippen LogP contribution is 2.20. The van der Waals surface area contributed by atoms with Gasteiger partial charge in [0.2, 0.25) is 5.91 Å². The summed E-state index contributed by atoms with van der Waals surface area (Å²) in [6.45, 7) is 9.65. The Morgan fingerprint density at radius 2 is 1.78 bits per heavy atom. The Balaban J connectivity index is 2.76. The van der Waals surface area contributed by atoms with E-state index in [2.05, 4.69) is 10.6 Å². The van der Waals surface area contributed by atoms with Gasteiger partial charge < -0.3 is 15.7 Å². The Bertz CT molecular complexity index is 547. The van der Waals surface area contributed by atoms with Crippen LogP contribution in [0.25, 0.3) is 0 Å². The average Bonchev–Trinajstić information content (AvgIpc) is 2.43. The van der Waals surface area contributed by atoms with Crippen LogP contribution in [0.2, 0.25) is 0 Å². The number of carbonyl (C=O) groups excluding carboxylic acids is 2. The molecule has 1 aromatic rings. The highest BCUT2D eigenvalue weighted by atomic mass is 16.3. The molecule has 2 amide bonds. The van der Waals surface area contributed by atoms with Gasteiger partial charge in [0, 0.05) is 12.0 Å². The molecule has 5 heteroatoms. The Morgan fingerprint density at radius 1 is 1.17 bits per heavy atom. The van der Waals surface area contributed by atoms with Crippen LogP contribution in [-0.4, -0.2) is 29.6 Å². The quantitative estimate of drug-likeness (QED) is 0.754. The van der Waals surface area contributed by atoms with Gasteiger partial charge in [-0.05, 0) is 31.4 Å². The molecule has 0 saturated heterocycles. The zero-order valence-electron chi connectivity index (χ0n) is 14.6. The van der Waals surface area contributed by atoms with Gasteiger partial charge in [-0.1, -0.05) is 39.8 Å². The monoisotopic (exact) mass is 320 g/mol. The van der Waals surface area contributed by atoms with Gasteiger partial charge in [0.25, 0.3) is 5.91 Å². The highest BCUT2D eigenvalue weighted by molar-refractivity contribution is 6.04. The van der Waals surface area contributed by atoms with Gasteiger partial charge in [-0.3, -0.25) is 9.59 Å². The molecule has 0 aliphatic heterocycles. The average molecular weight is 320 g/mol. The first kappa shape index (κ1) is 19.2. The lowest BCUT2D eigenvalue weighted by atomic mass is 9.95. The molecule has 0 fully saturated rings. The highest BCUT2D eigenvalue weighted by Gasteiger charge is 2.23. The molecule has 0 bridgehead atoms. The topological polar surface area (TPSA) is 78.4 Å². The Morgan fingerprint density at radius 3 is 2.35 bits per heavy atom. The molecule has 23 heavy (non-hydrogen) atoms. The van der Waals surface area contributed by atoms with Crippen LogP contribution in [0.3, 0.4) is 0 Å². The van der Waals surface area contributed by atoms with Gasteiger partial charge in [0.15, 0.2) is 0 Å². The number of hydrogen-bond donors (Lipinski definition) is 3. The first-order chi connectivity index (χ1) is 10.6. The van der Waals surface area contributed by atoms with Crippen molar-refractivity contribution >= 4 is 17.5 Å². The number of carbonyl (C=O) groups is 2. The summed E-state index contributed by atoms with van der Waals surface area (Å²) < 4.78 is 0. The fourth-order valence-corrected chi connectivity index (χ4v) is 2.13. The molecule has 2 atom stereocenters. The van der Waals surface area contributed by atoms with Gasteiger partial charge in [-0.2, -0.15) is 0 Å². The summed E-state index contributed by atoms with van der Waals surface area (Å²) in [7, 11) is 0. The van der Waals surface area contributed by atoms with E-state index in [1.165, 1.54) is 0 Å². The molecule has 2 unspecified atom stereocenters. The van der Waals surface area contributed by atoms with Crippen molar-refractivity contribution in [2.45, 2.75) is 47.1 Å². The normalized spacial score (nSPS) is 14.0. The van der Waals surface area contributed by atoms with Gasteiger partial charge in [-0.25, -0.2) is 0 Å². The minimum absolute atomic E-state index is 0.139. The maximum Gasteiger partial charge on any atom is 0.253 e. The first-order valence-electron chi connectivity index (χ1n) is 7.98. The van der Waals surface area contributed by atoms with E-state index in [1.807, 2.05) is 27.7 Å². The molecule has 0 aliphatic carbocycles. The molecule has 0 saturated carbocycles. The van der Waals surface area contributed by atoms with Crippen LogP contribution in [0.5, 0.6) is 0 Å². The standard InChI is InChI=1S/C18H28N2O3/c1-12(10-13(2)21)11-19-16(22)14-8-6-7-9-15(14)20-17(23)18(3,4)5/h6-9,12-13,21H,10-11H2,1-5H3,(H,19,22)(H,20,23). The van der Waals surface area contributed by atoms with Crippen LogP contribution in [0.4, 0.5) is 5.69 Å². The number of benzene rings is 1. The summed E-state index contributed by atoms with van der Waals surface area (Å²) in [4.78, 5) is 24.5. The SMILES string of the molecule is CC(O)CC(C)CNC(=O)c1ccccc1NC(=O)C(C)(C)C.